The van der Waals surface area contributed by atoms with Crippen molar-refractivity contribution in [3.05, 3.63) is 65.2 Å². The van der Waals surface area contributed by atoms with Gasteiger partial charge in [-0.2, -0.15) is 0 Å². The van der Waals surface area contributed by atoms with Gasteiger partial charge in [0, 0.05) is 11.1 Å². The number of sulfonamides is 1. The van der Waals surface area contributed by atoms with E-state index in [0.29, 0.717) is 17.1 Å². The summed E-state index contributed by atoms with van der Waals surface area (Å²) >= 11 is 0. The molecule has 1 heterocycles. The first-order valence-electron chi connectivity index (χ1n) is 11.2. The van der Waals surface area contributed by atoms with Crippen LogP contribution in [0.3, 0.4) is 0 Å². The zero-order valence-electron chi connectivity index (χ0n) is 19.3. The second kappa shape index (κ2) is 7.48. The van der Waals surface area contributed by atoms with Crippen molar-refractivity contribution in [2.45, 2.75) is 45.1 Å². The van der Waals surface area contributed by atoms with Crippen LogP contribution in [0.1, 0.15) is 37.5 Å². The predicted molar refractivity (Wildman–Crippen MR) is 132 cm³/mol. The van der Waals surface area contributed by atoms with Crippen LogP contribution in [0.15, 0.2) is 48.5 Å². The largest absolute Gasteiger partial charge is 0.476 e. The lowest BCUT2D eigenvalue weighted by Gasteiger charge is -2.35. The minimum atomic E-state index is -3.61. The van der Waals surface area contributed by atoms with Crippen LogP contribution in [-0.4, -0.2) is 33.2 Å². The van der Waals surface area contributed by atoms with Crippen molar-refractivity contribution in [2.75, 3.05) is 22.4 Å². The number of fused-ring (bicyclic) bond motifs is 1. The maximum Gasteiger partial charge on any atom is 0.267 e. The monoisotopic (exact) mass is 464 g/mol. The molecule has 1 N–H and O–H groups in total. The molecule has 0 radical (unpaired) electrons. The van der Waals surface area contributed by atoms with Gasteiger partial charge in [0.25, 0.3) is 5.91 Å². The van der Waals surface area contributed by atoms with Gasteiger partial charge in [0.05, 0.1) is 18.5 Å². The molecule has 7 heteroatoms. The molecule has 1 atom stereocenters. The van der Waals surface area contributed by atoms with Crippen LogP contribution in [-0.2, 0) is 33.1 Å². The molecular formula is C26H28N2O4S. The highest BCUT2D eigenvalue weighted by Gasteiger charge is 2.36. The van der Waals surface area contributed by atoms with Gasteiger partial charge in [-0.15, -0.1) is 0 Å². The summed E-state index contributed by atoms with van der Waals surface area (Å²) in [6.07, 6.45) is 2.21. The average molecular weight is 465 g/mol. The van der Waals surface area contributed by atoms with Crippen LogP contribution in [0.2, 0.25) is 0 Å². The van der Waals surface area contributed by atoms with Gasteiger partial charge >= 0.3 is 0 Å². The van der Waals surface area contributed by atoms with Crippen LogP contribution in [0.25, 0.3) is 10.8 Å². The summed E-state index contributed by atoms with van der Waals surface area (Å²) < 4.78 is 32.6. The van der Waals surface area contributed by atoms with Crippen molar-refractivity contribution in [1.82, 2.24) is 0 Å². The lowest BCUT2D eigenvalue weighted by Crippen LogP contribution is -2.48. The lowest BCUT2D eigenvalue weighted by atomic mass is 9.86. The van der Waals surface area contributed by atoms with Crippen molar-refractivity contribution in [3.63, 3.8) is 0 Å². The Bertz CT molecular complexity index is 1380. The molecule has 0 bridgehead atoms. The summed E-state index contributed by atoms with van der Waals surface area (Å²) in [5.74, 6) is 0.0214. The Hall–Kier alpha value is -3.06. The highest BCUT2D eigenvalue weighted by molar-refractivity contribution is 7.92. The Morgan fingerprint density at radius 1 is 1.06 bits per heavy atom. The summed E-state index contributed by atoms with van der Waals surface area (Å²) in [6, 6.07) is 15.6. The summed E-state index contributed by atoms with van der Waals surface area (Å²) in [6.45, 7) is 6.12. The van der Waals surface area contributed by atoms with E-state index in [4.69, 9.17) is 4.74 Å². The van der Waals surface area contributed by atoms with Crippen molar-refractivity contribution in [1.29, 1.82) is 0 Å². The van der Waals surface area contributed by atoms with E-state index in [1.165, 1.54) is 20.8 Å². The van der Waals surface area contributed by atoms with Crippen molar-refractivity contribution < 1.29 is 17.9 Å². The molecule has 1 aliphatic heterocycles. The van der Waals surface area contributed by atoms with E-state index in [1.807, 2.05) is 30.3 Å². The van der Waals surface area contributed by atoms with E-state index in [0.717, 1.165) is 30.0 Å². The number of aryl methyl sites for hydroxylation is 2. The molecule has 5 rings (SSSR count). The van der Waals surface area contributed by atoms with E-state index < -0.39 is 16.1 Å². The molecule has 0 fully saturated rings. The van der Waals surface area contributed by atoms with Crippen LogP contribution in [0, 0.1) is 0 Å². The maximum atomic E-state index is 13.2. The molecule has 1 aliphatic carbocycles. The average Bonchev–Trinajstić information content (AvgIpc) is 3.17. The van der Waals surface area contributed by atoms with Gasteiger partial charge in [-0.05, 0) is 58.5 Å². The van der Waals surface area contributed by atoms with Gasteiger partial charge < -0.3 is 10.1 Å². The van der Waals surface area contributed by atoms with Crippen molar-refractivity contribution in [2.24, 2.45) is 0 Å². The number of hydrogen-bond donors (Lipinski definition) is 1. The van der Waals surface area contributed by atoms with Crippen LogP contribution >= 0.6 is 0 Å². The SMILES string of the molecule is CC(C)(C)c1ccc2c(c1)N(S(C)(=O)=O)CC(C(=O)Nc1ccc3c4c(cccc14)CC3)O2. The third kappa shape index (κ3) is 3.84. The van der Waals surface area contributed by atoms with Crippen LogP contribution < -0.4 is 14.4 Å². The van der Waals surface area contributed by atoms with E-state index in [1.54, 1.807) is 6.07 Å². The molecule has 33 heavy (non-hydrogen) atoms. The molecule has 1 amide bonds. The normalized spacial score (nSPS) is 17.6. The molecule has 6 nitrogen and oxygen atoms in total. The van der Waals surface area contributed by atoms with E-state index in [-0.39, 0.29) is 17.9 Å². The topological polar surface area (TPSA) is 75.7 Å². The van der Waals surface area contributed by atoms with E-state index in [9.17, 15) is 13.2 Å². The van der Waals surface area contributed by atoms with Gasteiger partial charge in [0.2, 0.25) is 10.0 Å². The Balaban J connectivity index is 1.48. The number of hydrogen-bond acceptors (Lipinski definition) is 4. The third-order valence-corrected chi connectivity index (χ3v) is 7.67. The Morgan fingerprint density at radius 3 is 2.48 bits per heavy atom. The van der Waals surface area contributed by atoms with Gasteiger partial charge in [-0.25, -0.2) is 8.42 Å². The standard InChI is InChI=1S/C26H28N2O4S/c1-26(2,3)18-11-13-22-21(14-18)28(33(4,30)31)15-23(32-22)25(29)27-20-12-10-17-9-8-16-6-5-7-19(20)24(16)17/h5-7,10-14,23H,8-9,15H2,1-4H3,(H,27,29). The van der Waals surface area contributed by atoms with Gasteiger partial charge in [0.15, 0.2) is 6.10 Å². The lowest BCUT2D eigenvalue weighted by molar-refractivity contribution is -0.122. The summed E-state index contributed by atoms with van der Waals surface area (Å²) in [7, 11) is -3.61. The van der Waals surface area contributed by atoms with Crippen LogP contribution in [0.5, 0.6) is 5.75 Å². The Kier molecular flexibility index (Phi) is 4.94. The van der Waals surface area contributed by atoms with Crippen molar-refractivity contribution >= 4 is 38.1 Å². The number of carbonyl (C=O) groups is 1. The highest BCUT2D eigenvalue weighted by atomic mass is 32.2. The fraction of sp³-hybridized carbons (Fsp3) is 0.346. The number of nitrogens with one attached hydrogen (secondary N) is 1. The van der Waals surface area contributed by atoms with Gasteiger partial charge in [-0.3, -0.25) is 9.10 Å². The highest BCUT2D eigenvalue weighted by Crippen LogP contribution is 2.39. The summed E-state index contributed by atoms with van der Waals surface area (Å²) in [4.78, 5) is 13.2. The predicted octanol–water partition coefficient (Wildman–Crippen LogP) is 4.40. The first-order valence-corrected chi connectivity index (χ1v) is 13.0. The number of ether oxygens (including phenoxy) is 1. The van der Waals surface area contributed by atoms with Gasteiger partial charge in [0.1, 0.15) is 5.75 Å². The number of anilines is 2. The van der Waals surface area contributed by atoms with E-state index >= 15 is 0 Å². The molecule has 0 saturated heterocycles. The van der Waals surface area contributed by atoms with Crippen LogP contribution in [0.4, 0.5) is 11.4 Å². The third-order valence-electron chi connectivity index (χ3n) is 6.52. The zero-order chi connectivity index (χ0) is 23.5. The summed E-state index contributed by atoms with van der Waals surface area (Å²) in [5.41, 5.74) is 4.61. The summed E-state index contributed by atoms with van der Waals surface area (Å²) in [5, 5.41) is 5.20. The Morgan fingerprint density at radius 2 is 1.79 bits per heavy atom. The second-order valence-corrected chi connectivity index (χ2v) is 11.8. The molecule has 3 aromatic carbocycles. The maximum absolute atomic E-state index is 13.2. The number of carbonyl (C=O) groups excluding carboxylic acids is 1. The molecule has 0 saturated carbocycles. The van der Waals surface area contributed by atoms with Crippen molar-refractivity contribution in [3.8, 4) is 5.75 Å². The number of benzene rings is 3. The molecule has 2 aliphatic rings. The molecular weight excluding hydrogens is 436 g/mol. The number of rotatable bonds is 3. The number of nitrogens with zero attached hydrogens (tertiary/aromatic N) is 1. The minimum absolute atomic E-state index is 0.0769. The Labute approximate surface area is 194 Å². The first kappa shape index (κ1) is 21.8. The smallest absolute Gasteiger partial charge is 0.267 e. The molecule has 3 aromatic rings. The quantitative estimate of drug-likeness (QED) is 0.623. The van der Waals surface area contributed by atoms with E-state index in [2.05, 4.69) is 38.2 Å². The van der Waals surface area contributed by atoms with Gasteiger partial charge in [-0.1, -0.05) is 51.1 Å². The molecule has 0 spiro atoms. The minimum Gasteiger partial charge on any atom is -0.476 e. The number of amides is 1. The fourth-order valence-electron chi connectivity index (χ4n) is 4.74. The fourth-order valence-corrected chi connectivity index (χ4v) is 5.64. The first-order chi connectivity index (χ1) is 15.5. The molecule has 172 valence electrons. The zero-order valence-corrected chi connectivity index (χ0v) is 20.1. The molecule has 0 aromatic heterocycles. The second-order valence-electron chi connectivity index (χ2n) is 9.93. The molecule has 1 unspecified atom stereocenters.